The van der Waals surface area contributed by atoms with Crippen molar-refractivity contribution in [3.63, 3.8) is 0 Å². The van der Waals surface area contributed by atoms with Gasteiger partial charge in [0.15, 0.2) is 0 Å². The van der Waals surface area contributed by atoms with Gasteiger partial charge < -0.3 is 10.4 Å². The number of phenolic OH excluding ortho intramolecular Hbond substituents is 1. The third kappa shape index (κ3) is 2.24. The number of phenols is 1. The summed E-state index contributed by atoms with van der Waals surface area (Å²) in [4.78, 5) is 0. The number of nitrogens with one attached hydrogen (secondary N) is 1. The fourth-order valence-electron chi connectivity index (χ4n) is 2.50. The van der Waals surface area contributed by atoms with Gasteiger partial charge in [-0.2, -0.15) is 0 Å². The molecule has 0 saturated carbocycles. The van der Waals surface area contributed by atoms with Gasteiger partial charge in [0, 0.05) is 10.1 Å². The van der Waals surface area contributed by atoms with Gasteiger partial charge in [0.2, 0.25) is 0 Å². The van der Waals surface area contributed by atoms with Crippen LogP contribution in [0.2, 0.25) is 0 Å². The van der Waals surface area contributed by atoms with Crippen molar-refractivity contribution in [2.75, 3.05) is 6.54 Å². The summed E-state index contributed by atoms with van der Waals surface area (Å²) >= 11 is 2.32. The molecule has 1 heterocycles. The van der Waals surface area contributed by atoms with Crippen molar-refractivity contribution >= 4 is 22.6 Å². The van der Waals surface area contributed by atoms with E-state index in [2.05, 4.69) is 52.2 Å². The van der Waals surface area contributed by atoms with Crippen molar-refractivity contribution in [1.82, 2.24) is 5.32 Å². The maximum absolute atomic E-state index is 9.56. The molecule has 1 unspecified atom stereocenters. The molecule has 0 aromatic heterocycles. The van der Waals surface area contributed by atoms with Crippen LogP contribution < -0.4 is 5.32 Å². The number of benzene rings is 2. The molecular weight excluding hydrogens is 337 g/mol. The molecule has 3 heteroatoms. The Bertz CT molecular complexity index is 565. The van der Waals surface area contributed by atoms with Crippen LogP contribution in [0.25, 0.3) is 0 Å². The summed E-state index contributed by atoms with van der Waals surface area (Å²) in [5, 5.41) is 13.1. The van der Waals surface area contributed by atoms with E-state index < -0.39 is 0 Å². The molecule has 3 rings (SSSR count). The van der Waals surface area contributed by atoms with Gasteiger partial charge in [-0.1, -0.05) is 18.2 Å². The zero-order valence-electron chi connectivity index (χ0n) is 9.86. The Morgan fingerprint density at radius 3 is 2.67 bits per heavy atom. The molecule has 2 aromatic carbocycles. The predicted octanol–water partition coefficient (Wildman–Crippen LogP) is 3.23. The standard InChI is InChI=1S/C15H14INO/c16-12-3-1-10(2-4-12)15-14-6-5-13(18)9-11(14)7-8-17-15/h1-6,9,15,17-18H,7-8H2. The second kappa shape index (κ2) is 4.90. The average Bonchev–Trinajstić information content (AvgIpc) is 2.38. The van der Waals surface area contributed by atoms with Gasteiger partial charge in [-0.05, 0) is 70.0 Å². The van der Waals surface area contributed by atoms with E-state index in [0.29, 0.717) is 5.75 Å². The monoisotopic (exact) mass is 351 g/mol. The van der Waals surface area contributed by atoms with Gasteiger partial charge >= 0.3 is 0 Å². The van der Waals surface area contributed by atoms with Crippen LogP contribution in [0.3, 0.4) is 0 Å². The topological polar surface area (TPSA) is 32.3 Å². The third-order valence-corrected chi connectivity index (χ3v) is 4.10. The first-order valence-corrected chi connectivity index (χ1v) is 7.12. The van der Waals surface area contributed by atoms with Crippen LogP contribution in [0, 0.1) is 3.57 Å². The fraction of sp³-hybridized carbons (Fsp3) is 0.200. The number of fused-ring (bicyclic) bond motifs is 1. The molecule has 1 aliphatic heterocycles. The molecule has 0 spiro atoms. The van der Waals surface area contributed by atoms with Crippen molar-refractivity contribution < 1.29 is 5.11 Å². The van der Waals surface area contributed by atoms with E-state index in [-0.39, 0.29) is 6.04 Å². The van der Waals surface area contributed by atoms with Crippen molar-refractivity contribution in [3.05, 3.63) is 62.7 Å². The third-order valence-electron chi connectivity index (χ3n) is 3.38. The highest BCUT2D eigenvalue weighted by atomic mass is 127. The van der Waals surface area contributed by atoms with Crippen LogP contribution in [-0.4, -0.2) is 11.7 Å². The van der Waals surface area contributed by atoms with Crippen LogP contribution in [-0.2, 0) is 6.42 Å². The zero-order chi connectivity index (χ0) is 12.5. The molecule has 2 nitrogen and oxygen atoms in total. The Kier molecular flexibility index (Phi) is 3.26. The van der Waals surface area contributed by atoms with Crippen LogP contribution in [0.5, 0.6) is 5.75 Å². The number of rotatable bonds is 1. The van der Waals surface area contributed by atoms with Crippen molar-refractivity contribution in [1.29, 1.82) is 0 Å². The maximum Gasteiger partial charge on any atom is 0.115 e. The minimum Gasteiger partial charge on any atom is -0.508 e. The van der Waals surface area contributed by atoms with Gasteiger partial charge in [-0.25, -0.2) is 0 Å². The summed E-state index contributed by atoms with van der Waals surface area (Å²) in [6.45, 7) is 0.951. The molecule has 1 aliphatic rings. The lowest BCUT2D eigenvalue weighted by Gasteiger charge is -2.27. The van der Waals surface area contributed by atoms with Crippen LogP contribution >= 0.6 is 22.6 Å². The zero-order valence-corrected chi connectivity index (χ0v) is 12.0. The minimum atomic E-state index is 0.242. The molecule has 0 saturated heterocycles. The lowest BCUT2D eigenvalue weighted by atomic mass is 9.90. The Morgan fingerprint density at radius 2 is 1.89 bits per heavy atom. The SMILES string of the molecule is Oc1ccc2c(c1)CCNC2c1ccc(I)cc1. The van der Waals surface area contributed by atoms with Crippen LogP contribution in [0.1, 0.15) is 22.7 Å². The van der Waals surface area contributed by atoms with Gasteiger partial charge in [-0.15, -0.1) is 0 Å². The van der Waals surface area contributed by atoms with E-state index >= 15 is 0 Å². The summed E-state index contributed by atoms with van der Waals surface area (Å²) in [6, 6.07) is 14.5. The Labute approximate surface area is 120 Å². The molecule has 2 N–H and O–H groups in total. The van der Waals surface area contributed by atoms with E-state index in [0.717, 1.165) is 13.0 Å². The fourth-order valence-corrected chi connectivity index (χ4v) is 2.86. The number of halogens is 1. The maximum atomic E-state index is 9.56. The lowest BCUT2D eigenvalue weighted by Crippen LogP contribution is -2.30. The highest BCUT2D eigenvalue weighted by molar-refractivity contribution is 14.1. The molecule has 0 bridgehead atoms. The van der Waals surface area contributed by atoms with Crippen molar-refractivity contribution in [2.24, 2.45) is 0 Å². The van der Waals surface area contributed by atoms with Gasteiger partial charge in [0.1, 0.15) is 5.75 Å². The van der Waals surface area contributed by atoms with Gasteiger partial charge in [0.25, 0.3) is 0 Å². The second-order valence-electron chi connectivity index (χ2n) is 4.57. The van der Waals surface area contributed by atoms with E-state index in [1.165, 1.54) is 20.3 Å². The van der Waals surface area contributed by atoms with Crippen molar-refractivity contribution in [2.45, 2.75) is 12.5 Å². The Balaban J connectivity index is 2.03. The number of hydrogen-bond acceptors (Lipinski definition) is 2. The highest BCUT2D eigenvalue weighted by Gasteiger charge is 2.21. The smallest absolute Gasteiger partial charge is 0.115 e. The summed E-state index contributed by atoms with van der Waals surface area (Å²) in [6.07, 6.45) is 0.977. The number of hydrogen-bond donors (Lipinski definition) is 2. The summed E-state index contributed by atoms with van der Waals surface area (Å²) in [5.41, 5.74) is 3.81. The molecule has 2 aromatic rings. The molecule has 0 aliphatic carbocycles. The normalized spacial score (nSPS) is 18.4. The molecule has 0 radical (unpaired) electrons. The molecule has 92 valence electrons. The Morgan fingerprint density at radius 1 is 1.11 bits per heavy atom. The first-order chi connectivity index (χ1) is 8.74. The van der Waals surface area contributed by atoms with Gasteiger partial charge in [0.05, 0.1) is 6.04 Å². The van der Waals surface area contributed by atoms with Gasteiger partial charge in [-0.3, -0.25) is 0 Å². The summed E-state index contributed by atoms with van der Waals surface area (Å²) in [5.74, 6) is 0.358. The summed E-state index contributed by atoms with van der Waals surface area (Å²) in [7, 11) is 0. The quantitative estimate of drug-likeness (QED) is 0.774. The largest absolute Gasteiger partial charge is 0.508 e. The number of aromatic hydroxyl groups is 1. The Hall–Kier alpha value is -1.07. The van der Waals surface area contributed by atoms with Crippen LogP contribution in [0.4, 0.5) is 0 Å². The first kappa shape index (κ1) is 12.0. The van der Waals surface area contributed by atoms with E-state index in [4.69, 9.17) is 0 Å². The van der Waals surface area contributed by atoms with E-state index in [9.17, 15) is 5.11 Å². The molecule has 18 heavy (non-hydrogen) atoms. The second-order valence-corrected chi connectivity index (χ2v) is 5.82. The minimum absolute atomic E-state index is 0.242. The highest BCUT2D eigenvalue weighted by Crippen LogP contribution is 2.30. The first-order valence-electron chi connectivity index (χ1n) is 6.05. The van der Waals surface area contributed by atoms with E-state index in [1.54, 1.807) is 6.07 Å². The lowest BCUT2D eigenvalue weighted by molar-refractivity contribution is 0.471. The predicted molar refractivity (Wildman–Crippen MR) is 80.8 cm³/mol. The van der Waals surface area contributed by atoms with Crippen LogP contribution in [0.15, 0.2) is 42.5 Å². The van der Waals surface area contributed by atoms with E-state index in [1.807, 2.05) is 12.1 Å². The molecule has 1 atom stereocenters. The average molecular weight is 351 g/mol. The van der Waals surface area contributed by atoms with Crippen molar-refractivity contribution in [3.8, 4) is 5.75 Å². The molecular formula is C15H14INO. The molecule has 0 fully saturated rings. The summed E-state index contributed by atoms with van der Waals surface area (Å²) < 4.78 is 1.25. The molecule has 0 amide bonds.